The number of likely N-dealkylation sites (N-methyl/N-ethyl adjacent to an activating group) is 1. The quantitative estimate of drug-likeness (QED) is 0.657. The summed E-state index contributed by atoms with van der Waals surface area (Å²) in [5, 5.41) is 9.89. The lowest BCUT2D eigenvalue weighted by Crippen LogP contribution is -2.53. The van der Waals surface area contributed by atoms with Gasteiger partial charge in [0.05, 0.1) is 6.10 Å². The zero-order chi connectivity index (χ0) is 14.9. The van der Waals surface area contributed by atoms with Gasteiger partial charge in [-0.1, -0.05) is 0 Å². The van der Waals surface area contributed by atoms with Crippen LogP contribution in [0.4, 0.5) is 4.79 Å². The SMILES string of the molecule is CC(=O)OC[C@H]1O[C@@H](N2C=CC(N)N(C)C2=O)C[C@@H]1O. The Morgan fingerprint density at radius 1 is 1.65 bits per heavy atom. The number of nitrogens with zero attached hydrogens (tertiary/aromatic N) is 2. The second-order valence-corrected chi connectivity index (χ2v) is 4.87. The molecule has 0 aliphatic carbocycles. The van der Waals surface area contributed by atoms with E-state index in [4.69, 9.17) is 15.2 Å². The van der Waals surface area contributed by atoms with E-state index >= 15 is 0 Å². The van der Waals surface area contributed by atoms with Crippen molar-refractivity contribution in [2.75, 3.05) is 13.7 Å². The minimum Gasteiger partial charge on any atom is -0.463 e. The van der Waals surface area contributed by atoms with Crippen LogP contribution in [0.25, 0.3) is 0 Å². The van der Waals surface area contributed by atoms with Crippen molar-refractivity contribution in [1.29, 1.82) is 0 Å². The molecule has 8 heteroatoms. The summed E-state index contributed by atoms with van der Waals surface area (Å²) in [6.07, 6.45) is 0.985. The van der Waals surface area contributed by atoms with E-state index in [1.807, 2.05) is 0 Å². The van der Waals surface area contributed by atoms with E-state index in [9.17, 15) is 14.7 Å². The second kappa shape index (κ2) is 5.78. The van der Waals surface area contributed by atoms with Gasteiger partial charge >= 0.3 is 12.0 Å². The Balaban J connectivity index is 1.99. The maximum atomic E-state index is 12.1. The third kappa shape index (κ3) is 2.92. The van der Waals surface area contributed by atoms with Crippen LogP contribution >= 0.6 is 0 Å². The molecular formula is C12H19N3O5. The molecule has 8 nitrogen and oxygen atoms in total. The normalized spacial score (nSPS) is 33.7. The van der Waals surface area contributed by atoms with Gasteiger partial charge in [-0.3, -0.25) is 9.69 Å². The van der Waals surface area contributed by atoms with Gasteiger partial charge in [-0.05, 0) is 6.08 Å². The number of carbonyl (C=O) groups excluding carboxylic acids is 2. The van der Waals surface area contributed by atoms with E-state index in [1.54, 1.807) is 19.3 Å². The van der Waals surface area contributed by atoms with Crippen LogP contribution in [0.2, 0.25) is 0 Å². The van der Waals surface area contributed by atoms with E-state index in [0.717, 1.165) is 0 Å². The largest absolute Gasteiger partial charge is 0.463 e. The standard InChI is InChI=1S/C12H19N3O5/c1-7(16)19-6-9-8(17)5-11(20-9)15-4-3-10(13)14(2)12(15)18/h3-4,8-11,17H,5-6,13H2,1-2H3/t8-,9+,10?,11+/m0/s1. The molecule has 1 saturated heterocycles. The summed E-state index contributed by atoms with van der Waals surface area (Å²) in [6.45, 7) is 1.25. The number of carbonyl (C=O) groups is 2. The summed E-state index contributed by atoms with van der Waals surface area (Å²) in [4.78, 5) is 25.6. The first-order valence-electron chi connectivity index (χ1n) is 6.36. The van der Waals surface area contributed by atoms with E-state index in [1.165, 1.54) is 16.7 Å². The van der Waals surface area contributed by atoms with Crippen LogP contribution in [0.1, 0.15) is 13.3 Å². The van der Waals surface area contributed by atoms with Crippen LogP contribution in [0.5, 0.6) is 0 Å². The number of amides is 2. The minimum absolute atomic E-state index is 0.0336. The highest BCUT2D eigenvalue weighted by atomic mass is 16.6. The summed E-state index contributed by atoms with van der Waals surface area (Å²) < 4.78 is 10.4. The summed E-state index contributed by atoms with van der Waals surface area (Å²) in [6, 6.07) is -0.301. The fraction of sp³-hybridized carbons (Fsp3) is 0.667. The van der Waals surface area contributed by atoms with Gasteiger partial charge in [-0.25, -0.2) is 4.79 Å². The minimum atomic E-state index is -0.790. The molecule has 2 aliphatic rings. The predicted molar refractivity (Wildman–Crippen MR) is 68.0 cm³/mol. The molecule has 2 aliphatic heterocycles. The van der Waals surface area contributed by atoms with Gasteiger partial charge in [0.1, 0.15) is 25.1 Å². The third-order valence-corrected chi connectivity index (χ3v) is 3.38. The first-order chi connectivity index (χ1) is 9.40. The van der Waals surface area contributed by atoms with Crippen LogP contribution in [0.15, 0.2) is 12.3 Å². The monoisotopic (exact) mass is 285 g/mol. The van der Waals surface area contributed by atoms with Crippen molar-refractivity contribution in [1.82, 2.24) is 9.80 Å². The molecule has 3 N–H and O–H groups in total. The Morgan fingerprint density at radius 2 is 2.35 bits per heavy atom. The maximum absolute atomic E-state index is 12.1. The highest BCUT2D eigenvalue weighted by Gasteiger charge is 2.41. The zero-order valence-electron chi connectivity index (χ0n) is 11.4. The van der Waals surface area contributed by atoms with Gasteiger partial charge in [0.2, 0.25) is 0 Å². The Bertz CT molecular complexity index is 427. The van der Waals surface area contributed by atoms with E-state index in [2.05, 4.69) is 0 Å². The highest BCUT2D eigenvalue weighted by Crippen LogP contribution is 2.26. The van der Waals surface area contributed by atoms with Crippen LogP contribution in [-0.2, 0) is 14.3 Å². The lowest BCUT2D eigenvalue weighted by Gasteiger charge is -2.35. The molecule has 20 heavy (non-hydrogen) atoms. The lowest BCUT2D eigenvalue weighted by molar-refractivity contribution is -0.147. The van der Waals surface area contributed by atoms with Gasteiger partial charge in [0.15, 0.2) is 0 Å². The molecule has 1 unspecified atom stereocenters. The number of nitrogens with two attached hydrogens (primary N) is 1. The lowest BCUT2D eigenvalue weighted by atomic mass is 10.2. The van der Waals surface area contributed by atoms with Crippen LogP contribution < -0.4 is 5.73 Å². The maximum Gasteiger partial charge on any atom is 0.327 e. The van der Waals surface area contributed by atoms with Crippen molar-refractivity contribution in [3.8, 4) is 0 Å². The van der Waals surface area contributed by atoms with Crippen molar-refractivity contribution in [2.45, 2.75) is 37.9 Å². The molecule has 0 radical (unpaired) electrons. The number of hydrogen-bond acceptors (Lipinski definition) is 6. The number of esters is 1. The Labute approximate surface area is 116 Å². The molecule has 4 atom stereocenters. The molecule has 0 aromatic rings. The summed E-state index contributed by atoms with van der Waals surface area (Å²) in [7, 11) is 1.59. The fourth-order valence-corrected chi connectivity index (χ4v) is 2.14. The first-order valence-corrected chi connectivity index (χ1v) is 6.36. The number of rotatable bonds is 3. The van der Waals surface area contributed by atoms with Crippen molar-refractivity contribution in [3.63, 3.8) is 0 Å². The van der Waals surface area contributed by atoms with Crippen molar-refractivity contribution in [3.05, 3.63) is 12.3 Å². The average molecular weight is 285 g/mol. The second-order valence-electron chi connectivity index (χ2n) is 4.87. The molecule has 2 heterocycles. The predicted octanol–water partition coefficient (Wildman–Crippen LogP) is -0.809. The summed E-state index contributed by atoms with van der Waals surface area (Å²) in [5.74, 6) is -0.441. The van der Waals surface area contributed by atoms with Crippen LogP contribution in [0, 0.1) is 0 Å². The van der Waals surface area contributed by atoms with Crippen molar-refractivity contribution in [2.24, 2.45) is 5.73 Å². The Kier molecular flexibility index (Phi) is 4.26. The number of aliphatic hydroxyl groups is 1. The number of aliphatic hydroxyl groups excluding tert-OH is 1. The number of urea groups is 1. The number of ether oxygens (including phenoxy) is 2. The van der Waals surface area contributed by atoms with Gasteiger partial charge < -0.3 is 25.2 Å². The molecular weight excluding hydrogens is 266 g/mol. The molecule has 0 saturated carbocycles. The molecule has 1 fully saturated rings. The summed E-state index contributed by atoms with van der Waals surface area (Å²) >= 11 is 0. The fourth-order valence-electron chi connectivity index (χ4n) is 2.14. The average Bonchev–Trinajstić information content (AvgIpc) is 2.75. The van der Waals surface area contributed by atoms with Crippen molar-refractivity contribution >= 4 is 12.0 Å². The molecule has 0 aromatic heterocycles. The smallest absolute Gasteiger partial charge is 0.327 e. The molecule has 2 amide bonds. The summed E-state index contributed by atoms with van der Waals surface area (Å²) in [5.41, 5.74) is 5.71. The van der Waals surface area contributed by atoms with Crippen LogP contribution in [0.3, 0.4) is 0 Å². The number of hydrogen-bond donors (Lipinski definition) is 2. The highest BCUT2D eigenvalue weighted by molar-refractivity contribution is 5.77. The van der Waals surface area contributed by atoms with E-state index < -0.39 is 30.6 Å². The molecule has 2 rings (SSSR count). The molecule has 0 aromatic carbocycles. The zero-order valence-corrected chi connectivity index (χ0v) is 11.4. The van der Waals surface area contributed by atoms with E-state index in [0.29, 0.717) is 0 Å². The van der Waals surface area contributed by atoms with Crippen molar-refractivity contribution < 1.29 is 24.2 Å². The Hall–Kier alpha value is -1.64. The topological polar surface area (TPSA) is 105 Å². The van der Waals surface area contributed by atoms with Crippen LogP contribution in [-0.4, -0.2) is 65.2 Å². The third-order valence-electron chi connectivity index (χ3n) is 3.38. The molecule has 112 valence electrons. The van der Waals surface area contributed by atoms with Gasteiger partial charge in [0.25, 0.3) is 0 Å². The Morgan fingerprint density at radius 3 is 3.00 bits per heavy atom. The van der Waals surface area contributed by atoms with E-state index in [-0.39, 0.29) is 19.1 Å². The molecule has 0 spiro atoms. The first kappa shape index (κ1) is 14.8. The van der Waals surface area contributed by atoms with Gasteiger partial charge in [-0.2, -0.15) is 0 Å². The molecule has 0 bridgehead atoms. The van der Waals surface area contributed by atoms with Gasteiger partial charge in [-0.15, -0.1) is 0 Å². The van der Waals surface area contributed by atoms with Gasteiger partial charge in [0, 0.05) is 26.6 Å².